The van der Waals surface area contributed by atoms with Gasteiger partial charge in [0.25, 0.3) is 0 Å². The van der Waals surface area contributed by atoms with Crippen LogP contribution in [0.5, 0.6) is 17.2 Å². The van der Waals surface area contributed by atoms with E-state index in [0.29, 0.717) is 19.8 Å². The molecule has 0 bridgehead atoms. The maximum atomic E-state index is 6.44. The molecule has 0 saturated heterocycles. The lowest BCUT2D eigenvalue weighted by Gasteiger charge is -2.32. The molecule has 0 fully saturated rings. The number of hydrogen-bond acceptors (Lipinski definition) is 6. The second-order valence-corrected chi connectivity index (χ2v) is 21.2. The van der Waals surface area contributed by atoms with E-state index in [9.17, 15) is 0 Å². The molecule has 6 heteroatoms. The van der Waals surface area contributed by atoms with E-state index < -0.39 is 0 Å². The van der Waals surface area contributed by atoms with Gasteiger partial charge in [-0.25, -0.2) is 0 Å². The molecule has 0 spiro atoms. The van der Waals surface area contributed by atoms with Crippen LogP contribution in [0.1, 0.15) is 158 Å². The molecule has 3 nitrogen and oxygen atoms in total. The molecule has 0 aliphatic rings. The summed E-state index contributed by atoms with van der Waals surface area (Å²) in [6, 6.07) is 14.1. The van der Waals surface area contributed by atoms with Crippen LogP contribution in [0, 0.1) is 20.8 Å². The van der Waals surface area contributed by atoms with Gasteiger partial charge in [-0.1, -0.05) is 108 Å². The zero-order chi connectivity index (χ0) is 39.5. The minimum Gasteiger partial charge on any atom is -0.492 e. The number of hydrogen-bond donors (Lipinski definition) is 3. The second kappa shape index (κ2) is 17.7. The molecule has 52 heavy (non-hydrogen) atoms. The minimum atomic E-state index is -0.112. The first-order chi connectivity index (χ1) is 23.8. The van der Waals surface area contributed by atoms with Gasteiger partial charge in [0.05, 0.1) is 19.8 Å². The predicted octanol–water partition coefficient (Wildman–Crippen LogP) is 12.9. The van der Waals surface area contributed by atoms with E-state index in [1.165, 1.54) is 50.1 Å². The van der Waals surface area contributed by atoms with Crippen LogP contribution >= 0.6 is 37.9 Å². The first-order valence-electron chi connectivity index (χ1n) is 19.2. The monoisotopic (exact) mass is 766 g/mol. The Bertz CT molecular complexity index is 1570. The SMILES string of the molecule is Cc1cc(OCC(C)S)c(C(C)(C)C)cc1C(C)CC(c1cc(C(C)(C)C)c(OCC(C)S)cc1C)c1cc(C(C)(C)C)c(OCC(C)S)cc1C. The van der Waals surface area contributed by atoms with Crippen molar-refractivity contribution >= 4 is 37.9 Å². The Labute approximate surface area is 335 Å². The highest BCUT2D eigenvalue weighted by molar-refractivity contribution is 7.81. The van der Waals surface area contributed by atoms with E-state index in [0.717, 1.165) is 23.7 Å². The van der Waals surface area contributed by atoms with Gasteiger partial charge in [-0.15, -0.1) is 0 Å². The molecule has 0 aromatic heterocycles. The van der Waals surface area contributed by atoms with Gasteiger partial charge in [0.2, 0.25) is 0 Å². The van der Waals surface area contributed by atoms with E-state index in [1.54, 1.807) is 0 Å². The fourth-order valence-corrected chi connectivity index (χ4v) is 7.25. The zero-order valence-corrected chi connectivity index (χ0v) is 37.9. The van der Waals surface area contributed by atoms with Crippen molar-refractivity contribution in [1.29, 1.82) is 0 Å². The quantitative estimate of drug-likeness (QED) is 0.143. The van der Waals surface area contributed by atoms with Crippen molar-refractivity contribution in [2.45, 2.75) is 161 Å². The Kier molecular flexibility index (Phi) is 15.2. The molecule has 3 aromatic carbocycles. The summed E-state index contributed by atoms with van der Waals surface area (Å²) >= 11 is 13.8. The lowest BCUT2D eigenvalue weighted by molar-refractivity contribution is 0.313. The molecule has 0 saturated carbocycles. The van der Waals surface area contributed by atoms with Crippen molar-refractivity contribution in [2.75, 3.05) is 19.8 Å². The van der Waals surface area contributed by atoms with Crippen LogP contribution in [0.3, 0.4) is 0 Å². The number of thiol groups is 3. The normalized spacial score (nSPS) is 15.5. The molecule has 0 radical (unpaired) electrons. The van der Waals surface area contributed by atoms with E-state index in [2.05, 4.69) is 185 Å². The number of benzene rings is 3. The van der Waals surface area contributed by atoms with E-state index >= 15 is 0 Å². The zero-order valence-electron chi connectivity index (χ0n) is 35.2. The standard InChI is InChI=1S/C46H70O3S3/c1-27(34-21-38(44(8,9)10)41(18-28(34)2)47-24-31(5)50)17-37(35-22-39(45(11,12)13)42(19-29(35)3)48-25-32(6)51)36-23-40(46(14,15)16)43(20-30(36)4)49-26-33(7)52/h18-23,27,31-33,37,50-52H,17,24-26H2,1-16H3. The second-order valence-electron chi connectivity index (χ2n) is 18.5. The molecule has 3 rings (SSSR count). The number of aryl methyl sites for hydroxylation is 3. The van der Waals surface area contributed by atoms with E-state index in [1.807, 2.05) is 0 Å². The number of rotatable bonds is 14. The summed E-state index contributed by atoms with van der Waals surface area (Å²) in [6.07, 6.45) is 0.939. The Balaban J connectivity index is 2.34. The van der Waals surface area contributed by atoms with Crippen LogP contribution in [0.15, 0.2) is 36.4 Å². The Morgan fingerprint density at radius 2 is 0.731 bits per heavy atom. The van der Waals surface area contributed by atoms with Gasteiger partial charge in [-0.05, 0) is 118 Å². The third-order valence-electron chi connectivity index (χ3n) is 9.84. The van der Waals surface area contributed by atoms with Gasteiger partial charge < -0.3 is 14.2 Å². The Hall–Kier alpha value is -1.89. The fraction of sp³-hybridized carbons (Fsp3) is 0.609. The smallest absolute Gasteiger partial charge is 0.123 e. The van der Waals surface area contributed by atoms with Gasteiger partial charge >= 0.3 is 0 Å². The van der Waals surface area contributed by atoms with Crippen LogP contribution in [0.25, 0.3) is 0 Å². The van der Waals surface area contributed by atoms with Crippen molar-refractivity contribution in [3.05, 3.63) is 86.5 Å². The van der Waals surface area contributed by atoms with Gasteiger partial charge in [0, 0.05) is 21.7 Å². The molecular weight excluding hydrogens is 697 g/mol. The molecule has 0 N–H and O–H groups in total. The molecule has 290 valence electrons. The maximum absolute atomic E-state index is 6.44. The Morgan fingerprint density at radius 3 is 1.00 bits per heavy atom. The summed E-state index contributed by atoms with van der Waals surface area (Å²) in [5, 5.41) is 0.446. The third-order valence-corrected chi connectivity index (χ3v) is 10.3. The maximum Gasteiger partial charge on any atom is 0.123 e. The summed E-state index contributed by atoms with van der Waals surface area (Å²) in [6.45, 7) is 37.6. The van der Waals surface area contributed by atoms with Crippen molar-refractivity contribution in [2.24, 2.45) is 0 Å². The topological polar surface area (TPSA) is 27.7 Å². The number of ether oxygens (including phenoxy) is 3. The molecule has 0 aliphatic heterocycles. The van der Waals surface area contributed by atoms with Crippen molar-refractivity contribution in [1.82, 2.24) is 0 Å². The summed E-state index contributed by atoms with van der Waals surface area (Å²) in [5.41, 5.74) is 11.2. The predicted molar refractivity (Wildman–Crippen MR) is 236 cm³/mol. The highest BCUT2D eigenvalue weighted by atomic mass is 32.1. The van der Waals surface area contributed by atoms with Gasteiger partial charge in [0.15, 0.2) is 0 Å². The van der Waals surface area contributed by atoms with Crippen LogP contribution in [-0.2, 0) is 16.2 Å². The summed E-state index contributed by atoms with van der Waals surface area (Å²) in [4.78, 5) is 0. The first-order valence-corrected chi connectivity index (χ1v) is 20.7. The largest absolute Gasteiger partial charge is 0.492 e. The summed E-state index contributed by atoms with van der Waals surface area (Å²) in [5.74, 6) is 3.27. The summed E-state index contributed by atoms with van der Waals surface area (Å²) < 4.78 is 19.2. The van der Waals surface area contributed by atoms with Crippen LogP contribution in [0.4, 0.5) is 0 Å². The Morgan fingerprint density at radius 1 is 0.462 bits per heavy atom. The molecule has 0 amide bonds. The molecule has 4 unspecified atom stereocenters. The lowest BCUT2D eigenvalue weighted by atomic mass is 9.74. The van der Waals surface area contributed by atoms with E-state index in [4.69, 9.17) is 14.2 Å². The van der Waals surface area contributed by atoms with Gasteiger partial charge in [0.1, 0.15) is 17.2 Å². The highest BCUT2D eigenvalue weighted by Crippen LogP contribution is 2.46. The molecule has 3 aromatic rings. The van der Waals surface area contributed by atoms with Crippen molar-refractivity contribution in [3.63, 3.8) is 0 Å². The fourth-order valence-electron chi connectivity index (χ4n) is 7.03. The van der Waals surface area contributed by atoms with Gasteiger partial charge in [-0.2, -0.15) is 37.9 Å². The highest BCUT2D eigenvalue weighted by Gasteiger charge is 2.31. The minimum absolute atomic E-state index is 0.0756. The van der Waals surface area contributed by atoms with Crippen molar-refractivity contribution < 1.29 is 14.2 Å². The average molecular weight is 767 g/mol. The first kappa shape index (κ1) is 44.5. The average Bonchev–Trinajstić information content (AvgIpc) is 2.99. The summed E-state index contributed by atoms with van der Waals surface area (Å²) in [7, 11) is 0. The molecule has 4 atom stereocenters. The molecular formula is C46H70O3S3. The molecule has 0 aliphatic carbocycles. The van der Waals surface area contributed by atoms with Crippen LogP contribution < -0.4 is 14.2 Å². The third kappa shape index (κ3) is 11.8. The van der Waals surface area contributed by atoms with E-state index in [-0.39, 0.29) is 43.8 Å². The van der Waals surface area contributed by atoms with Crippen LogP contribution in [0.2, 0.25) is 0 Å². The molecule has 0 heterocycles. The van der Waals surface area contributed by atoms with Gasteiger partial charge in [-0.3, -0.25) is 0 Å². The van der Waals surface area contributed by atoms with Crippen molar-refractivity contribution in [3.8, 4) is 17.2 Å². The van der Waals surface area contributed by atoms with Crippen LogP contribution in [-0.4, -0.2) is 35.6 Å². The lowest BCUT2D eigenvalue weighted by Crippen LogP contribution is -2.20.